The predicted molar refractivity (Wildman–Crippen MR) is 79.9 cm³/mol. The van der Waals surface area contributed by atoms with Crippen LogP contribution in [0.3, 0.4) is 0 Å². The smallest absolute Gasteiger partial charge is 0.123 e. The van der Waals surface area contributed by atoms with Crippen molar-refractivity contribution in [1.82, 2.24) is 5.32 Å². The molecule has 0 heterocycles. The molecule has 0 aliphatic heterocycles. The summed E-state index contributed by atoms with van der Waals surface area (Å²) in [5.41, 5.74) is 2.28. The van der Waals surface area contributed by atoms with Gasteiger partial charge in [-0.3, -0.25) is 0 Å². The van der Waals surface area contributed by atoms with Crippen LogP contribution in [0.1, 0.15) is 31.4 Å². The molecule has 0 bridgehead atoms. The Morgan fingerprint density at radius 2 is 2.11 bits per heavy atom. The highest BCUT2D eigenvalue weighted by atomic mass is 32.2. The largest absolute Gasteiger partial charge is 0.316 e. The standard InChI is InChI=1S/C15H24FNS/c1-5-12(3)18-10-15(17-4)9-13-8-14(16)7-6-11(13)2/h6-8,12,15,17H,5,9-10H2,1-4H3. The molecule has 2 unspecified atom stereocenters. The van der Waals surface area contributed by atoms with Crippen LogP contribution in [-0.2, 0) is 6.42 Å². The highest BCUT2D eigenvalue weighted by molar-refractivity contribution is 7.99. The molecule has 18 heavy (non-hydrogen) atoms. The van der Waals surface area contributed by atoms with Crippen molar-refractivity contribution >= 4 is 11.8 Å². The third kappa shape index (κ3) is 4.99. The molecule has 0 fully saturated rings. The van der Waals surface area contributed by atoms with Gasteiger partial charge in [-0.25, -0.2) is 4.39 Å². The van der Waals surface area contributed by atoms with Gasteiger partial charge in [0.15, 0.2) is 0 Å². The molecule has 1 aromatic carbocycles. The van der Waals surface area contributed by atoms with Crippen molar-refractivity contribution in [3.8, 4) is 0 Å². The van der Waals surface area contributed by atoms with Crippen LogP contribution in [-0.4, -0.2) is 24.1 Å². The van der Waals surface area contributed by atoms with E-state index in [0.29, 0.717) is 11.3 Å². The summed E-state index contributed by atoms with van der Waals surface area (Å²) in [7, 11) is 1.98. The van der Waals surface area contributed by atoms with Crippen LogP contribution < -0.4 is 5.32 Å². The van der Waals surface area contributed by atoms with Gasteiger partial charge in [0.25, 0.3) is 0 Å². The SMILES string of the molecule is CCC(C)SCC(Cc1cc(F)ccc1C)NC. The molecular weight excluding hydrogens is 245 g/mol. The van der Waals surface area contributed by atoms with Crippen molar-refractivity contribution in [3.63, 3.8) is 0 Å². The van der Waals surface area contributed by atoms with E-state index >= 15 is 0 Å². The molecule has 3 heteroatoms. The van der Waals surface area contributed by atoms with Crippen LogP contribution >= 0.6 is 11.8 Å². The summed E-state index contributed by atoms with van der Waals surface area (Å²) in [6.07, 6.45) is 2.09. The molecular formula is C15H24FNS. The highest BCUT2D eigenvalue weighted by Gasteiger charge is 2.11. The average Bonchev–Trinajstić information content (AvgIpc) is 2.37. The first-order valence-electron chi connectivity index (χ1n) is 6.60. The van der Waals surface area contributed by atoms with Crippen molar-refractivity contribution in [1.29, 1.82) is 0 Å². The Kier molecular flexibility index (Phi) is 6.72. The van der Waals surface area contributed by atoms with Crippen LogP contribution in [0.15, 0.2) is 18.2 Å². The molecule has 102 valence electrons. The predicted octanol–water partition coefficient (Wildman–Crippen LogP) is 3.80. The number of benzene rings is 1. The molecule has 0 saturated heterocycles. The number of rotatable bonds is 7. The van der Waals surface area contributed by atoms with Crippen LogP contribution in [0.4, 0.5) is 4.39 Å². The minimum atomic E-state index is -0.139. The van der Waals surface area contributed by atoms with E-state index in [9.17, 15) is 4.39 Å². The zero-order chi connectivity index (χ0) is 13.5. The maximum Gasteiger partial charge on any atom is 0.123 e. The van der Waals surface area contributed by atoms with Gasteiger partial charge < -0.3 is 5.32 Å². The second kappa shape index (κ2) is 7.80. The van der Waals surface area contributed by atoms with Gasteiger partial charge in [0.1, 0.15) is 5.82 Å². The number of halogens is 1. The second-order valence-electron chi connectivity index (χ2n) is 4.81. The van der Waals surface area contributed by atoms with Crippen LogP contribution in [0.25, 0.3) is 0 Å². The van der Waals surface area contributed by atoms with Crippen molar-refractivity contribution in [2.24, 2.45) is 0 Å². The molecule has 1 aromatic rings. The van der Waals surface area contributed by atoms with E-state index in [1.54, 1.807) is 6.07 Å². The van der Waals surface area contributed by atoms with Crippen LogP contribution in [0.5, 0.6) is 0 Å². The van der Waals surface area contributed by atoms with E-state index in [0.717, 1.165) is 17.7 Å². The summed E-state index contributed by atoms with van der Waals surface area (Å²) in [4.78, 5) is 0. The monoisotopic (exact) mass is 269 g/mol. The molecule has 0 spiro atoms. The van der Waals surface area contributed by atoms with Gasteiger partial charge in [-0.2, -0.15) is 11.8 Å². The molecule has 0 aliphatic rings. The van der Waals surface area contributed by atoms with E-state index in [1.807, 2.05) is 31.8 Å². The number of thioether (sulfide) groups is 1. The molecule has 0 aromatic heterocycles. The lowest BCUT2D eigenvalue weighted by atomic mass is 10.0. The van der Waals surface area contributed by atoms with E-state index in [4.69, 9.17) is 0 Å². The number of nitrogens with one attached hydrogen (secondary N) is 1. The van der Waals surface area contributed by atoms with E-state index in [1.165, 1.54) is 18.1 Å². The van der Waals surface area contributed by atoms with Crippen LogP contribution in [0, 0.1) is 12.7 Å². The summed E-state index contributed by atoms with van der Waals surface area (Å²) in [6, 6.07) is 5.46. The van der Waals surface area contributed by atoms with E-state index in [-0.39, 0.29) is 5.82 Å². The lowest BCUT2D eigenvalue weighted by molar-refractivity contribution is 0.600. The topological polar surface area (TPSA) is 12.0 Å². The fraction of sp³-hybridized carbons (Fsp3) is 0.600. The lowest BCUT2D eigenvalue weighted by Crippen LogP contribution is -2.31. The Balaban J connectivity index is 2.59. The molecule has 0 saturated carbocycles. The van der Waals surface area contributed by atoms with Gasteiger partial charge in [-0.1, -0.05) is 19.9 Å². The summed E-state index contributed by atoms with van der Waals surface area (Å²) in [6.45, 7) is 6.51. The minimum absolute atomic E-state index is 0.139. The third-order valence-corrected chi connectivity index (χ3v) is 4.84. The molecule has 0 amide bonds. The second-order valence-corrected chi connectivity index (χ2v) is 6.28. The minimum Gasteiger partial charge on any atom is -0.316 e. The molecule has 0 radical (unpaired) electrons. The first kappa shape index (κ1) is 15.5. The maximum atomic E-state index is 13.2. The fourth-order valence-corrected chi connectivity index (χ4v) is 2.85. The normalized spacial score (nSPS) is 14.5. The zero-order valence-corrected chi connectivity index (χ0v) is 12.6. The van der Waals surface area contributed by atoms with Crippen molar-refractivity contribution in [3.05, 3.63) is 35.1 Å². The Labute approximate surface area is 115 Å². The van der Waals surface area contributed by atoms with E-state index in [2.05, 4.69) is 19.2 Å². The van der Waals surface area contributed by atoms with Crippen molar-refractivity contribution in [2.45, 2.75) is 44.9 Å². The molecule has 1 N–H and O–H groups in total. The van der Waals surface area contributed by atoms with Gasteiger partial charge in [-0.05, 0) is 50.1 Å². The Morgan fingerprint density at radius 3 is 2.72 bits per heavy atom. The maximum absolute atomic E-state index is 13.2. The van der Waals surface area contributed by atoms with Gasteiger partial charge in [-0.15, -0.1) is 0 Å². The summed E-state index contributed by atoms with van der Waals surface area (Å²) < 4.78 is 13.2. The molecule has 2 atom stereocenters. The molecule has 1 rings (SSSR count). The zero-order valence-electron chi connectivity index (χ0n) is 11.8. The van der Waals surface area contributed by atoms with Gasteiger partial charge in [0.05, 0.1) is 0 Å². The third-order valence-electron chi connectivity index (χ3n) is 3.34. The molecule has 1 nitrogen and oxygen atoms in total. The van der Waals surface area contributed by atoms with Gasteiger partial charge >= 0.3 is 0 Å². The fourth-order valence-electron chi connectivity index (χ4n) is 1.77. The first-order valence-corrected chi connectivity index (χ1v) is 7.65. The Morgan fingerprint density at radius 1 is 1.39 bits per heavy atom. The first-order chi connectivity index (χ1) is 8.56. The van der Waals surface area contributed by atoms with Crippen molar-refractivity contribution in [2.75, 3.05) is 12.8 Å². The summed E-state index contributed by atoms with van der Waals surface area (Å²) >= 11 is 1.98. The Hall–Kier alpha value is -0.540. The van der Waals surface area contributed by atoms with Crippen LogP contribution in [0.2, 0.25) is 0 Å². The summed E-state index contributed by atoms with van der Waals surface area (Å²) in [5.74, 6) is 0.932. The Bertz CT molecular complexity index is 368. The van der Waals surface area contributed by atoms with E-state index < -0.39 is 0 Å². The average molecular weight is 269 g/mol. The summed E-state index contributed by atoms with van der Waals surface area (Å²) in [5, 5.41) is 4.02. The van der Waals surface area contributed by atoms with Gasteiger partial charge in [0, 0.05) is 17.0 Å². The molecule has 0 aliphatic carbocycles. The number of hydrogen-bond acceptors (Lipinski definition) is 2. The number of aryl methyl sites for hydroxylation is 1. The van der Waals surface area contributed by atoms with Crippen molar-refractivity contribution < 1.29 is 4.39 Å². The highest BCUT2D eigenvalue weighted by Crippen LogP contribution is 2.18. The number of hydrogen-bond donors (Lipinski definition) is 1. The van der Waals surface area contributed by atoms with Gasteiger partial charge in [0.2, 0.25) is 0 Å². The quantitative estimate of drug-likeness (QED) is 0.808. The lowest BCUT2D eigenvalue weighted by Gasteiger charge is -2.19. The number of likely N-dealkylation sites (N-methyl/N-ethyl adjacent to an activating group) is 1.